The van der Waals surface area contributed by atoms with Crippen LogP contribution in [0.25, 0.3) is 6.08 Å². The molecule has 2 aromatic rings. The molecular weight excluding hydrogens is 324 g/mol. The fourth-order valence-corrected chi connectivity index (χ4v) is 3.37. The Morgan fingerprint density at radius 1 is 1.33 bits per heavy atom. The summed E-state index contributed by atoms with van der Waals surface area (Å²) < 4.78 is 4.96. The number of thiophene rings is 1. The number of amides is 2. The van der Waals surface area contributed by atoms with Crippen LogP contribution < -0.4 is 5.32 Å². The van der Waals surface area contributed by atoms with Gasteiger partial charge in [-0.3, -0.25) is 9.59 Å². The van der Waals surface area contributed by atoms with Crippen LogP contribution in [0.2, 0.25) is 0 Å². The molecule has 1 fully saturated rings. The summed E-state index contributed by atoms with van der Waals surface area (Å²) in [6.07, 6.45) is 8.19. The highest BCUT2D eigenvalue weighted by Gasteiger charge is 2.24. The lowest BCUT2D eigenvalue weighted by molar-refractivity contribution is -0.116. The monoisotopic (exact) mass is 344 g/mol. The SMILES string of the molecule is O=C(/C=C/c1cccs1)NCC1CCN(C(=O)c2ccoc2)CC1. The number of rotatable bonds is 5. The first-order valence-corrected chi connectivity index (χ1v) is 8.91. The smallest absolute Gasteiger partial charge is 0.257 e. The number of carbonyl (C=O) groups excluding carboxylic acids is 2. The zero-order valence-electron chi connectivity index (χ0n) is 13.3. The molecule has 0 radical (unpaired) electrons. The molecule has 0 unspecified atom stereocenters. The number of likely N-dealkylation sites (tertiary alicyclic amines) is 1. The lowest BCUT2D eigenvalue weighted by Gasteiger charge is -2.31. The Morgan fingerprint density at radius 3 is 2.83 bits per heavy atom. The average molecular weight is 344 g/mol. The first-order chi connectivity index (χ1) is 11.7. The van der Waals surface area contributed by atoms with Gasteiger partial charge in [-0.25, -0.2) is 0 Å². The fourth-order valence-electron chi connectivity index (χ4n) is 2.76. The molecule has 1 aliphatic rings. The molecule has 5 nitrogen and oxygen atoms in total. The Balaban J connectivity index is 1.39. The fraction of sp³-hybridized carbons (Fsp3) is 0.333. The molecule has 1 aliphatic heterocycles. The van der Waals surface area contributed by atoms with Crippen molar-refractivity contribution in [3.8, 4) is 0 Å². The second-order valence-electron chi connectivity index (χ2n) is 5.84. The maximum Gasteiger partial charge on any atom is 0.257 e. The number of hydrogen-bond donors (Lipinski definition) is 1. The minimum atomic E-state index is -0.0692. The van der Waals surface area contributed by atoms with Crippen LogP contribution in [0.15, 0.2) is 46.6 Å². The van der Waals surface area contributed by atoms with Gasteiger partial charge in [-0.1, -0.05) is 6.07 Å². The molecule has 0 aliphatic carbocycles. The summed E-state index contributed by atoms with van der Waals surface area (Å²) >= 11 is 1.60. The number of furan rings is 1. The van der Waals surface area contributed by atoms with E-state index in [4.69, 9.17) is 4.42 Å². The molecule has 1 saturated heterocycles. The molecule has 2 amide bonds. The van der Waals surface area contributed by atoms with E-state index in [1.165, 1.54) is 12.5 Å². The highest BCUT2D eigenvalue weighted by atomic mass is 32.1. The predicted molar refractivity (Wildman–Crippen MR) is 93.7 cm³/mol. The van der Waals surface area contributed by atoms with E-state index in [1.807, 2.05) is 28.5 Å². The summed E-state index contributed by atoms with van der Waals surface area (Å²) in [5.41, 5.74) is 0.598. The average Bonchev–Trinajstić information content (AvgIpc) is 3.31. The number of hydrogen-bond acceptors (Lipinski definition) is 4. The van der Waals surface area contributed by atoms with Gasteiger partial charge in [-0.15, -0.1) is 11.3 Å². The molecule has 126 valence electrons. The Labute approximate surface area is 145 Å². The van der Waals surface area contributed by atoms with Crippen molar-refractivity contribution in [3.05, 3.63) is 52.6 Å². The quantitative estimate of drug-likeness (QED) is 0.848. The molecule has 0 saturated carbocycles. The molecule has 0 spiro atoms. The van der Waals surface area contributed by atoms with Gasteiger partial charge in [0.25, 0.3) is 5.91 Å². The maximum absolute atomic E-state index is 12.2. The summed E-state index contributed by atoms with van der Waals surface area (Å²) in [6.45, 7) is 2.09. The van der Waals surface area contributed by atoms with E-state index >= 15 is 0 Å². The van der Waals surface area contributed by atoms with E-state index < -0.39 is 0 Å². The van der Waals surface area contributed by atoms with Gasteiger partial charge in [0.15, 0.2) is 0 Å². The van der Waals surface area contributed by atoms with Gasteiger partial charge < -0.3 is 14.6 Å². The summed E-state index contributed by atoms with van der Waals surface area (Å²) in [7, 11) is 0. The normalized spacial score (nSPS) is 15.8. The molecule has 0 bridgehead atoms. The Hall–Kier alpha value is -2.34. The van der Waals surface area contributed by atoms with Crippen LogP contribution in [0.3, 0.4) is 0 Å². The van der Waals surface area contributed by atoms with Crippen LogP contribution in [0.1, 0.15) is 28.1 Å². The standard InChI is InChI=1S/C18H20N2O3S/c21-17(4-3-16-2-1-11-24-16)19-12-14-5-8-20(9-6-14)18(22)15-7-10-23-13-15/h1-4,7,10-11,13-14H,5-6,8-9,12H2,(H,19,21)/b4-3+. The highest BCUT2D eigenvalue weighted by molar-refractivity contribution is 7.10. The van der Waals surface area contributed by atoms with E-state index in [9.17, 15) is 9.59 Å². The zero-order valence-corrected chi connectivity index (χ0v) is 14.1. The van der Waals surface area contributed by atoms with E-state index in [-0.39, 0.29) is 11.8 Å². The molecule has 24 heavy (non-hydrogen) atoms. The van der Waals surface area contributed by atoms with Crippen LogP contribution in [-0.4, -0.2) is 36.3 Å². The van der Waals surface area contributed by atoms with Crippen molar-refractivity contribution < 1.29 is 14.0 Å². The molecule has 2 aromatic heterocycles. The lowest BCUT2D eigenvalue weighted by atomic mass is 9.96. The molecule has 3 rings (SSSR count). The first kappa shape index (κ1) is 16.5. The molecule has 0 aromatic carbocycles. The maximum atomic E-state index is 12.2. The zero-order chi connectivity index (χ0) is 16.8. The van der Waals surface area contributed by atoms with Crippen molar-refractivity contribution in [2.75, 3.05) is 19.6 Å². The largest absolute Gasteiger partial charge is 0.472 e. The lowest BCUT2D eigenvalue weighted by Crippen LogP contribution is -2.41. The first-order valence-electron chi connectivity index (χ1n) is 8.03. The van der Waals surface area contributed by atoms with Crippen molar-refractivity contribution in [1.82, 2.24) is 10.2 Å². The summed E-state index contributed by atoms with van der Waals surface area (Å²) in [5.74, 6) is 0.364. The van der Waals surface area contributed by atoms with Crippen molar-refractivity contribution in [2.45, 2.75) is 12.8 Å². The van der Waals surface area contributed by atoms with E-state index in [2.05, 4.69) is 5.32 Å². The molecule has 6 heteroatoms. The minimum absolute atomic E-state index is 0.0186. The molecular formula is C18H20N2O3S. The Morgan fingerprint density at radius 2 is 2.17 bits per heavy atom. The van der Waals surface area contributed by atoms with Gasteiger partial charge in [-0.05, 0) is 42.3 Å². The Bertz CT molecular complexity index is 684. The predicted octanol–water partition coefficient (Wildman–Crippen LogP) is 3.02. The molecule has 0 atom stereocenters. The van der Waals surface area contributed by atoms with Crippen LogP contribution in [0.5, 0.6) is 0 Å². The van der Waals surface area contributed by atoms with Gasteiger partial charge in [-0.2, -0.15) is 0 Å². The van der Waals surface area contributed by atoms with Gasteiger partial charge in [0.2, 0.25) is 5.91 Å². The molecule has 1 N–H and O–H groups in total. The number of piperidine rings is 1. The summed E-state index contributed by atoms with van der Waals surface area (Å²) in [6, 6.07) is 5.62. The summed E-state index contributed by atoms with van der Waals surface area (Å²) in [5, 5.41) is 4.93. The van der Waals surface area contributed by atoms with E-state index in [1.54, 1.807) is 23.5 Å². The minimum Gasteiger partial charge on any atom is -0.472 e. The van der Waals surface area contributed by atoms with Crippen molar-refractivity contribution in [1.29, 1.82) is 0 Å². The second kappa shape index (κ2) is 7.97. The van der Waals surface area contributed by atoms with Crippen LogP contribution in [0, 0.1) is 5.92 Å². The number of nitrogens with zero attached hydrogens (tertiary/aromatic N) is 1. The van der Waals surface area contributed by atoms with Crippen LogP contribution in [0.4, 0.5) is 0 Å². The van der Waals surface area contributed by atoms with Crippen LogP contribution >= 0.6 is 11.3 Å². The summed E-state index contributed by atoms with van der Waals surface area (Å²) in [4.78, 5) is 27.0. The van der Waals surface area contributed by atoms with Crippen molar-refractivity contribution >= 4 is 29.2 Å². The van der Waals surface area contributed by atoms with Gasteiger partial charge in [0.05, 0.1) is 11.8 Å². The van der Waals surface area contributed by atoms with Crippen molar-refractivity contribution in [3.63, 3.8) is 0 Å². The topological polar surface area (TPSA) is 62.6 Å². The van der Waals surface area contributed by atoms with Gasteiger partial charge in [0.1, 0.15) is 6.26 Å². The van der Waals surface area contributed by atoms with Crippen LogP contribution in [-0.2, 0) is 4.79 Å². The number of carbonyl (C=O) groups is 2. The van der Waals surface area contributed by atoms with E-state index in [0.29, 0.717) is 18.0 Å². The van der Waals surface area contributed by atoms with Crippen molar-refractivity contribution in [2.24, 2.45) is 5.92 Å². The Kier molecular flexibility index (Phi) is 5.48. The third kappa shape index (κ3) is 4.35. The van der Waals surface area contributed by atoms with Gasteiger partial charge in [0, 0.05) is 30.6 Å². The number of nitrogens with one attached hydrogen (secondary N) is 1. The molecule has 3 heterocycles. The van der Waals surface area contributed by atoms with Gasteiger partial charge >= 0.3 is 0 Å². The third-order valence-electron chi connectivity index (χ3n) is 4.18. The van der Waals surface area contributed by atoms with E-state index in [0.717, 1.165) is 30.8 Å². The second-order valence-corrected chi connectivity index (χ2v) is 6.82. The highest BCUT2D eigenvalue weighted by Crippen LogP contribution is 2.18. The third-order valence-corrected chi connectivity index (χ3v) is 5.01.